The van der Waals surface area contributed by atoms with Crippen LogP contribution in [0.25, 0.3) is 0 Å². The Morgan fingerprint density at radius 3 is 2.81 bits per heavy atom. The lowest BCUT2D eigenvalue weighted by molar-refractivity contribution is -0.128. The van der Waals surface area contributed by atoms with E-state index in [4.69, 9.17) is 16.3 Å². The molecule has 1 saturated heterocycles. The monoisotopic (exact) mass is 378 g/mol. The number of carbonyl (C=O) groups is 1. The van der Waals surface area contributed by atoms with Crippen LogP contribution in [0.15, 0.2) is 18.2 Å². The summed E-state index contributed by atoms with van der Waals surface area (Å²) in [6.07, 6.45) is 5.52. The number of ether oxygens (including phenoxy) is 1. The van der Waals surface area contributed by atoms with Gasteiger partial charge < -0.3 is 15.0 Å². The van der Waals surface area contributed by atoms with Gasteiger partial charge in [0.2, 0.25) is 5.91 Å². The molecule has 2 atom stereocenters. The van der Waals surface area contributed by atoms with Crippen LogP contribution in [0.1, 0.15) is 38.2 Å². The van der Waals surface area contributed by atoms with Crippen molar-refractivity contribution in [1.82, 2.24) is 10.2 Å². The summed E-state index contributed by atoms with van der Waals surface area (Å²) in [6.45, 7) is 5.79. The second-order valence-corrected chi connectivity index (χ2v) is 8.13. The van der Waals surface area contributed by atoms with Crippen molar-refractivity contribution in [2.75, 3.05) is 33.3 Å². The van der Waals surface area contributed by atoms with Gasteiger partial charge in [-0.05, 0) is 81.1 Å². The fourth-order valence-corrected chi connectivity index (χ4v) is 4.25. The van der Waals surface area contributed by atoms with Crippen LogP contribution in [-0.4, -0.2) is 44.1 Å². The van der Waals surface area contributed by atoms with Gasteiger partial charge in [-0.15, -0.1) is 0 Å². The summed E-state index contributed by atoms with van der Waals surface area (Å²) in [4.78, 5) is 13.7. The zero-order valence-electron chi connectivity index (χ0n) is 16.0. The zero-order valence-corrected chi connectivity index (χ0v) is 16.7. The summed E-state index contributed by atoms with van der Waals surface area (Å²) < 4.78 is 5.91. The maximum absolute atomic E-state index is 12.0. The first kappa shape index (κ1) is 19.5. The number of likely N-dealkylation sites (N-methyl/N-ethyl adjacent to an activating group) is 1. The molecule has 4 nitrogen and oxygen atoms in total. The van der Waals surface area contributed by atoms with Gasteiger partial charge in [-0.1, -0.05) is 17.7 Å². The first-order valence-electron chi connectivity index (χ1n) is 9.94. The SMILES string of the molecule is CCN(C)C(=O)Cc1ccc(OCCC2C[C@@H]2C2CCNCC2)cc1Cl. The molecular formula is C21H31ClN2O2. The number of carbonyl (C=O) groups excluding carboxylic acids is 1. The Labute approximate surface area is 162 Å². The second kappa shape index (κ2) is 9.09. The average Bonchev–Trinajstić information content (AvgIpc) is 3.43. The van der Waals surface area contributed by atoms with Gasteiger partial charge in [-0.25, -0.2) is 0 Å². The molecule has 1 aromatic carbocycles. The topological polar surface area (TPSA) is 41.6 Å². The van der Waals surface area contributed by atoms with E-state index in [0.717, 1.165) is 42.1 Å². The molecule has 1 aromatic rings. The van der Waals surface area contributed by atoms with Crippen molar-refractivity contribution in [1.29, 1.82) is 0 Å². The smallest absolute Gasteiger partial charge is 0.226 e. The van der Waals surface area contributed by atoms with Crippen LogP contribution < -0.4 is 10.1 Å². The number of hydrogen-bond acceptors (Lipinski definition) is 3. The fraction of sp³-hybridized carbons (Fsp3) is 0.667. The number of benzene rings is 1. The Morgan fingerprint density at radius 2 is 2.12 bits per heavy atom. The van der Waals surface area contributed by atoms with Crippen molar-refractivity contribution in [3.05, 3.63) is 28.8 Å². The fourth-order valence-electron chi connectivity index (χ4n) is 4.02. The van der Waals surface area contributed by atoms with Crippen LogP contribution in [0, 0.1) is 17.8 Å². The van der Waals surface area contributed by atoms with E-state index in [2.05, 4.69) is 5.32 Å². The maximum atomic E-state index is 12.0. The minimum atomic E-state index is 0.0840. The third-order valence-corrected chi connectivity index (χ3v) is 6.34. The molecule has 1 aliphatic heterocycles. The molecule has 0 radical (unpaired) electrons. The molecule has 1 saturated carbocycles. The van der Waals surface area contributed by atoms with Gasteiger partial charge in [0.15, 0.2) is 0 Å². The number of nitrogens with one attached hydrogen (secondary N) is 1. The Kier molecular flexibility index (Phi) is 6.82. The van der Waals surface area contributed by atoms with Gasteiger partial charge in [0.05, 0.1) is 13.0 Å². The van der Waals surface area contributed by atoms with Crippen LogP contribution in [0.3, 0.4) is 0 Å². The molecule has 1 unspecified atom stereocenters. The number of halogens is 1. The van der Waals surface area contributed by atoms with Crippen molar-refractivity contribution < 1.29 is 9.53 Å². The van der Waals surface area contributed by atoms with E-state index in [1.807, 2.05) is 32.2 Å². The molecule has 1 N–H and O–H groups in total. The molecular weight excluding hydrogens is 348 g/mol. The molecule has 1 amide bonds. The van der Waals surface area contributed by atoms with Crippen molar-refractivity contribution in [2.45, 2.75) is 39.0 Å². The quantitative estimate of drug-likeness (QED) is 0.748. The molecule has 5 heteroatoms. The Bertz CT molecular complexity index is 616. The minimum Gasteiger partial charge on any atom is -0.494 e. The third-order valence-electron chi connectivity index (χ3n) is 5.99. The zero-order chi connectivity index (χ0) is 18.5. The van der Waals surface area contributed by atoms with Crippen LogP contribution in [0.2, 0.25) is 5.02 Å². The van der Waals surface area contributed by atoms with Gasteiger partial charge in [0.1, 0.15) is 5.75 Å². The summed E-state index contributed by atoms with van der Waals surface area (Å²) in [5.74, 6) is 3.58. The molecule has 26 heavy (non-hydrogen) atoms. The number of amides is 1. The summed E-state index contributed by atoms with van der Waals surface area (Å²) in [6, 6.07) is 5.68. The second-order valence-electron chi connectivity index (χ2n) is 7.72. The number of hydrogen-bond donors (Lipinski definition) is 1. The molecule has 0 spiro atoms. The highest BCUT2D eigenvalue weighted by molar-refractivity contribution is 6.31. The van der Waals surface area contributed by atoms with E-state index in [1.54, 1.807) is 4.90 Å². The van der Waals surface area contributed by atoms with E-state index in [-0.39, 0.29) is 5.91 Å². The molecule has 0 aromatic heterocycles. The standard InChI is InChI=1S/C21H31ClN2O2/c1-3-24(2)21(25)13-17-4-5-18(14-20(17)22)26-11-8-16-12-19(16)15-6-9-23-10-7-15/h4-5,14-16,19,23H,3,6-13H2,1-2H3/t16?,19-/m1/s1. The molecule has 3 rings (SSSR count). The van der Waals surface area contributed by atoms with Crippen LogP contribution in [0.5, 0.6) is 5.75 Å². The van der Waals surface area contributed by atoms with Crippen LogP contribution in [-0.2, 0) is 11.2 Å². The van der Waals surface area contributed by atoms with Gasteiger partial charge in [0, 0.05) is 18.6 Å². The van der Waals surface area contributed by atoms with E-state index in [0.29, 0.717) is 18.0 Å². The largest absolute Gasteiger partial charge is 0.494 e. The lowest BCUT2D eigenvalue weighted by Crippen LogP contribution is -2.29. The predicted molar refractivity (Wildman–Crippen MR) is 106 cm³/mol. The average molecular weight is 379 g/mol. The lowest BCUT2D eigenvalue weighted by atomic mass is 9.91. The normalized spacial score (nSPS) is 22.9. The van der Waals surface area contributed by atoms with E-state index >= 15 is 0 Å². The van der Waals surface area contributed by atoms with Crippen molar-refractivity contribution in [3.63, 3.8) is 0 Å². The highest BCUT2D eigenvalue weighted by Crippen LogP contribution is 2.49. The first-order valence-corrected chi connectivity index (χ1v) is 10.3. The Hall–Kier alpha value is -1.26. The van der Waals surface area contributed by atoms with E-state index in [9.17, 15) is 4.79 Å². The summed E-state index contributed by atoms with van der Waals surface area (Å²) in [5.41, 5.74) is 0.859. The van der Waals surface area contributed by atoms with Crippen molar-refractivity contribution in [2.24, 2.45) is 17.8 Å². The Morgan fingerprint density at radius 1 is 1.35 bits per heavy atom. The highest BCUT2D eigenvalue weighted by atomic mass is 35.5. The summed E-state index contributed by atoms with van der Waals surface area (Å²) in [7, 11) is 1.81. The molecule has 1 heterocycles. The van der Waals surface area contributed by atoms with Crippen LogP contribution in [0.4, 0.5) is 0 Å². The minimum absolute atomic E-state index is 0.0840. The predicted octanol–water partition coefficient (Wildman–Crippen LogP) is 3.77. The maximum Gasteiger partial charge on any atom is 0.226 e. The van der Waals surface area contributed by atoms with E-state index in [1.165, 1.54) is 32.4 Å². The van der Waals surface area contributed by atoms with Gasteiger partial charge in [-0.3, -0.25) is 4.79 Å². The summed E-state index contributed by atoms with van der Waals surface area (Å²) >= 11 is 6.34. The first-order chi connectivity index (χ1) is 12.6. The van der Waals surface area contributed by atoms with E-state index < -0.39 is 0 Å². The number of piperidine rings is 1. The van der Waals surface area contributed by atoms with Crippen molar-refractivity contribution in [3.8, 4) is 5.75 Å². The Balaban J connectivity index is 1.41. The molecule has 144 valence electrons. The highest BCUT2D eigenvalue weighted by Gasteiger charge is 2.42. The lowest BCUT2D eigenvalue weighted by Gasteiger charge is -2.22. The van der Waals surface area contributed by atoms with Gasteiger partial charge in [-0.2, -0.15) is 0 Å². The number of rotatable bonds is 8. The molecule has 1 aliphatic carbocycles. The van der Waals surface area contributed by atoms with Gasteiger partial charge >= 0.3 is 0 Å². The number of nitrogens with zero attached hydrogens (tertiary/aromatic N) is 1. The van der Waals surface area contributed by atoms with Crippen LogP contribution >= 0.6 is 11.6 Å². The molecule has 2 aliphatic rings. The molecule has 2 fully saturated rings. The third kappa shape index (κ3) is 5.14. The molecule has 0 bridgehead atoms. The summed E-state index contributed by atoms with van der Waals surface area (Å²) in [5, 5.41) is 4.06. The van der Waals surface area contributed by atoms with Gasteiger partial charge in [0.25, 0.3) is 0 Å². The van der Waals surface area contributed by atoms with Crippen molar-refractivity contribution >= 4 is 17.5 Å².